The first-order valence-corrected chi connectivity index (χ1v) is 22.2. The normalized spacial score (nSPS) is 12.1. The van der Waals surface area contributed by atoms with Gasteiger partial charge >= 0.3 is 0 Å². The molecule has 7 rings (SSSR count). The average Bonchev–Trinajstić information content (AvgIpc) is 3.21. The Balaban J connectivity index is 1.24. The van der Waals surface area contributed by atoms with Gasteiger partial charge in [0.15, 0.2) is 5.75 Å². The number of nitrogens with two attached hydrogens (primary N) is 1. The number of rotatable bonds is 13. The third-order valence-corrected chi connectivity index (χ3v) is 11.3. The number of phenols is 1. The van der Waals surface area contributed by atoms with Gasteiger partial charge < -0.3 is 26.8 Å². The van der Waals surface area contributed by atoms with Crippen LogP contribution in [0.4, 0.5) is 63.3 Å². The van der Waals surface area contributed by atoms with Crippen molar-refractivity contribution in [2.24, 2.45) is 20.5 Å². The van der Waals surface area contributed by atoms with Crippen LogP contribution in [-0.2, 0) is 26.7 Å². The number of aryl methyl sites for hydroxylation is 4. The van der Waals surface area contributed by atoms with Crippen LogP contribution in [0, 0.1) is 20.8 Å². The van der Waals surface area contributed by atoms with Crippen molar-refractivity contribution >= 4 is 118 Å². The lowest BCUT2D eigenvalue weighted by atomic mass is 10.0. The molecule has 328 valence electrons. The molecule has 2 heterocycles. The van der Waals surface area contributed by atoms with Crippen LogP contribution >= 0.6 is 23.2 Å². The van der Waals surface area contributed by atoms with Gasteiger partial charge in [0.2, 0.25) is 28.4 Å². The number of nitrogen functional groups attached to an aromatic ring is 1. The van der Waals surface area contributed by atoms with Crippen LogP contribution in [0.3, 0.4) is 0 Å². The van der Waals surface area contributed by atoms with Gasteiger partial charge in [-0.2, -0.15) is 46.9 Å². The van der Waals surface area contributed by atoms with Gasteiger partial charge in [0.1, 0.15) is 32.7 Å². The number of hydrogen-bond acceptors (Lipinski definition) is 19. The number of fused-ring (bicyclic) bond motifs is 1. The first kappa shape index (κ1) is 45.0. The van der Waals surface area contributed by atoms with Crippen LogP contribution in [0.1, 0.15) is 29.4 Å². The van der Waals surface area contributed by atoms with Gasteiger partial charge in [0, 0.05) is 23.5 Å². The fraction of sp³-hybridized carbons (Fsp3) is 0.128. The quantitative estimate of drug-likeness (QED) is 0.0321. The fourth-order valence-electron chi connectivity index (χ4n) is 6.08. The van der Waals surface area contributed by atoms with Crippen molar-refractivity contribution in [3.63, 3.8) is 0 Å². The zero-order chi connectivity index (χ0) is 46.1. The second-order valence-electron chi connectivity index (χ2n) is 13.9. The molecule has 0 unspecified atom stereocenters. The van der Waals surface area contributed by atoms with E-state index in [1.54, 1.807) is 25.1 Å². The molecule has 0 atom stereocenters. The number of nitrogens with one attached hydrogen (secondary N) is 3. The molecule has 0 aliphatic carbocycles. The molecule has 0 saturated carbocycles. The van der Waals surface area contributed by atoms with E-state index in [0.717, 1.165) is 23.4 Å². The van der Waals surface area contributed by atoms with E-state index in [0.29, 0.717) is 23.5 Å². The summed E-state index contributed by atoms with van der Waals surface area (Å²) in [5.74, 6) is 0.0684. The smallest absolute Gasteiger partial charge is 0.296 e. The van der Waals surface area contributed by atoms with E-state index >= 15 is 0 Å². The van der Waals surface area contributed by atoms with Crippen LogP contribution in [-0.4, -0.2) is 61.0 Å². The summed E-state index contributed by atoms with van der Waals surface area (Å²) < 4.78 is 70.5. The van der Waals surface area contributed by atoms with Gasteiger partial charge in [0.05, 0.1) is 16.8 Å². The van der Waals surface area contributed by atoms with Crippen LogP contribution < -0.4 is 21.7 Å². The van der Waals surface area contributed by atoms with E-state index < -0.39 is 47.2 Å². The number of aromatic nitrogens is 6. The van der Waals surface area contributed by atoms with E-state index in [2.05, 4.69) is 66.3 Å². The zero-order valence-electron chi connectivity index (χ0n) is 33.7. The Kier molecular flexibility index (Phi) is 12.7. The lowest BCUT2D eigenvalue weighted by Gasteiger charge is -2.14. The molecule has 64 heavy (non-hydrogen) atoms. The van der Waals surface area contributed by atoms with E-state index in [-0.39, 0.29) is 67.5 Å². The van der Waals surface area contributed by atoms with Gasteiger partial charge in [-0.15, -0.1) is 15.3 Å². The molecular formula is C39H34Cl2N14O7S2. The molecule has 7 aromatic rings. The third kappa shape index (κ3) is 10.3. The number of aromatic hydroxyl groups is 1. The number of benzene rings is 5. The first-order chi connectivity index (χ1) is 30.2. The third-order valence-electron chi connectivity index (χ3n) is 9.18. The van der Waals surface area contributed by atoms with Crippen molar-refractivity contribution in [2.75, 3.05) is 21.7 Å². The maximum Gasteiger partial charge on any atom is 0.296 e. The average molecular weight is 946 g/mol. The Morgan fingerprint density at radius 3 is 1.77 bits per heavy atom. The predicted molar refractivity (Wildman–Crippen MR) is 240 cm³/mol. The molecular weight excluding hydrogens is 912 g/mol. The van der Waals surface area contributed by atoms with Crippen LogP contribution in [0.5, 0.6) is 5.75 Å². The number of phenolic OH excluding ortho intramolecular Hbond substituents is 1. The van der Waals surface area contributed by atoms with E-state index in [1.165, 1.54) is 25.1 Å². The lowest BCUT2D eigenvalue weighted by molar-refractivity contribution is 0.480. The summed E-state index contributed by atoms with van der Waals surface area (Å²) >= 11 is 12.2. The Labute approximate surface area is 374 Å². The molecule has 0 spiro atoms. The van der Waals surface area contributed by atoms with E-state index in [9.17, 15) is 31.0 Å². The molecule has 8 N–H and O–H groups in total. The minimum Gasteiger partial charge on any atom is -0.505 e. The van der Waals surface area contributed by atoms with Gasteiger partial charge in [-0.05, 0) is 115 Å². The van der Waals surface area contributed by atoms with Gasteiger partial charge in [-0.1, -0.05) is 30.7 Å². The van der Waals surface area contributed by atoms with Crippen molar-refractivity contribution in [1.82, 2.24) is 29.9 Å². The van der Waals surface area contributed by atoms with Gasteiger partial charge in [0.25, 0.3) is 20.2 Å². The minimum atomic E-state index is -4.99. The molecule has 25 heteroatoms. The summed E-state index contributed by atoms with van der Waals surface area (Å²) in [5, 5.41) is 36.9. The molecule has 0 saturated heterocycles. The number of nitrogens with zero attached hydrogens (tertiary/aromatic N) is 10. The summed E-state index contributed by atoms with van der Waals surface area (Å²) in [5.41, 5.74) is 8.44. The predicted octanol–water partition coefficient (Wildman–Crippen LogP) is 9.85. The Bertz CT molecular complexity index is 3290. The van der Waals surface area contributed by atoms with Gasteiger partial charge in [-0.25, -0.2) is 4.98 Å². The highest BCUT2D eigenvalue weighted by Gasteiger charge is 2.25. The van der Waals surface area contributed by atoms with Crippen molar-refractivity contribution in [3.05, 3.63) is 106 Å². The summed E-state index contributed by atoms with van der Waals surface area (Å²) in [7, 11) is -9.84. The second-order valence-corrected chi connectivity index (χ2v) is 17.3. The zero-order valence-corrected chi connectivity index (χ0v) is 36.9. The minimum absolute atomic E-state index is 0.0422. The Hall–Kier alpha value is -7.02. The number of hydrogen-bond donors (Lipinski definition) is 7. The molecule has 0 fully saturated rings. The standard InChI is InChI=1S/C39H34Cl2N14O7S2/c1-5-29-46-35(40)48-37(47-29)44-24-12-13-27(63(57,58)59)26(17-24)53-54-32-20(4)14-21-15-28(64(60,61)62)33(31(42)30(21)34(32)56)55-52-25-16-23(11-8-19(25)3)45-39-50-36(41)49-38(51-39)43-22-9-6-18(2)7-10-22/h6-17,56H,5,42H2,1-4H3,(H,57,58,59)(H,60,61,62)(H,44,46,47,48)(H2,43,45,49,50,51). The largest absolute Gasteiger partial charge is 0.505 e. The molecule has 0 radical (unpaired) electrons. The van der Waals surface area contributed by atoms with Crippen molar-refractivity contribution in [1.29, 1.82) is 0 Å². The fourth-order valence-corrected chi connectivity index (χ4v) is 7.70. The summed E-state index contributed by atoms with van der Waals surface area (Å²) in [6, 6.07) is 18.5. The second kappa shape index (κ2) is 18.0. The number of halogens is 2. The molecule has 0 aliphatic heterocycles. The summed E-state index contributed by atoms with van der Waals surface area (Å²) in [6.45, 7) is 6.98. The molecule has 0 amide bonds. The molecule has 5 aromatic carbocycles. The maximum absolute atomic E-state index is 12.7. The molecule has 0 bridgehead atoms. The van der Waals surface area contributed by atoms with Crippen LogP contribution in [0.15, 0.2) is 103 Å². The number of azo groups is 2. The number of anilines is 7. The topological polar surface area (TPSA) is 318 Å². The summed E-state index contributed by atoms with van der Waals surface area (Å²) in [6.07, 6.45) is 0.444. The highest BCUT2D eigenvalue weighted by molar-refractivity contribution is 7.86. The highest BCUT2D eigenvalue weighted by atomic mass is 35.5. The summed E-state index contributed by atoms with van der Waals surface area (Å²) in [4.78, 5) is 23.6. The van der Waals surface area contributed by atoms with Crippen LogP contribution in [0.2, 0.25) is 10.6 Å². The maximum atomic E-state index is 12.7. The highest BCUT2D eigenvalue weighted by Crippen LogP contribution is 2.47. The Morgan fingerprint density at radius 1 is 0.609 bits per heavy atom. The first-order valence-electron chi connectivity index (χ1n) is 18.6. The van der Waals surface area contributed by atoms with Crippen LogP contribution in [0.25, 0.3) is 10.8 Å². The molecule has 2 aromatic heterocycles. The molecule has 0 aliphatic rings. The van der Waals surface area contributed by atoms with E-state index in [1.807, 2.05) is 38.1 Å². The molecule has 21 nitrogen and oxygen atoms in total. The SMILES string of the molecule is CCc1nc(Cl)nc(Nc2ccc(S(=O)(=O)O)c(N=Nc3c(C)cc4cc(S(=O)(=O)O)c(N=Nc5cc(Nc6nc(Cl)nc(Nc7ccc(C)cc7)n6)ccc5C)c(N)c4c3O)c2)n1. The van der Waals surface area contributed by atoms with E-state index in [4.69, 9.17) is 28.9 Å². The van der Waals surface area contributed by atoms with Crippen molar-refractivity contribution in [3.8, 4) is 5.75 Å². The monoisotopic (exact) mass is 944 g/mol. The van der Waals surface area contributed by atoms with Crippen molar-refractivity contribution < 1.29 is 31.0 Å². The lowest BCUT2D eigenvalue weighted by Crippen LogP contribution is -2.04. The van der Waals surface area contributed by atoms with Crippen molar-refractivity contribution in [2.45, 2.75) is 43.9 Å². The Morgan fingerprint density at radius 2 is 1.14 bits per heavy atom. The van der Waals surface area contributed by atoms with Gasteiger partial charge in [-0.3, -0.25) is 9.11 Å².